The van der Waals surface area contributed by atoms with Gasteiger partial charge in [0.15, 0.2) is 5.78 Å². The number of aliphatic carboxylic acids is 4. The van der Waals surface area contributed by atoms with Crippen LogP contribution < -0.4 is 43.0 Å². The number of carboxylic acids is 4. The van der Waals surface area contributed by atoms with Crippen LogP contribution in [0.1, 0.15) is 165 Å². The largest absolute Gasteiger partial charge is 0.481 e. The zero-order chi connectivity index (χ0) is 92.4. The monoisotopic (exact) mass is 1820 g/mol. The number of fused-ring (bicyclic) bond motifs is 4. The lowest BCUT2D eigenvalue weighted by atomic mass is 9.91. The van der Waals surface area contributed by atoms with E-state index in [1.807, 2.05) is 36.1 Å². The first-order chi connectivity index (χ1) is 60.9. The van der Waals surface area contributed by atoms with Crippen molar-refractivity contribution in [2.45, 2.75) is 215 Å². The standard InChI is InChI=1S/C87H134N14O24S2/c1-3-4-7-25-76(107)92-70-59-127-57-63-20-12-19-62(48-63)56-126-58-69(95-84(119)68(49-61-17-8-5-9-18-61)94-83(118)67(27-28-74(88)105)93-82(117)66(60(2)102)51-73(104)71-23-13-32-100(71)87(122)72-24-14-33-101(72)86(70)121)85(120)91-64(50-78(109)110)21-10-6-11-22-65(103)26-29-75(106)89-30-15-42-123-44-46-125-47-45-124-43-16-31-90-77(108)52-96-34-36-97(53-79(111)112)38-40-99(55-81(115)116)41-39-98(37-35-96)54-80(113)114/h5,8-9,12,17-20,48,60,64,66-72,102H,3-4,6-7,10-11,13-16,21-47,49-59H2,1-2H3,(H2,88,105)(H,89,106)(H,90,108)(H,91,120)(H,92,107)(H,93,117)(H,94,118)(H,95,119)(H,109,110)(H,111,112)(H,113,114)(H,115,116)/t60-,64+,66+,67+,68+,69+,70+,71+,72+/m1/s1. The summed E-state index contributed by atoms with van der Waals surface area (Å²) in [6.07, 6.45) is 2.90. The van der Waals surface area contributed by atoms with Crippen LogP contribution in [0.4, 0.5) is 0 Å². The molecule has 10 amide bonds. The summed E-state index contributed by atoms with van der Waals surface area (Å²) in [6, 6.07) is 7.78. The molecule has 2 bridgehead atoms. The molecule has 0 aromatic heterocycles. The molecule has 0 spiro atoms. The maximum Gasteiger partial charge on any atom is 0.317 e. The van der Waals surface area contributed by atoms with Crippen molar-refractivity contribution in [3.63, 3.8) is 0 Å². The second-order valence-corrected chi connectivity index (χ2v) is 34.7. The number of primary amides is 1. The van der Waals surface area contributed by atoms with Gasteiger partial charge in [0, 0.05) is 166 Å². The number of nitrogens with zero attached hydrogens (tertiary/aromatic N) is 6. The Hall–Kier alpha value is -9.26. The second kappa shape index (κ2) is 59.8. The van der Waals surface area contributed by atoms with Gasteiger partial charge in [0.25, 0.3) is 0 Å². The third kappa shape index (κ3) is 42.7. The molecule has 9 atom stereocenters. The van der Waals surface area contributed by atoms with E-state index >= 15 is 0 Å². The fourth-order valence-electron chi connectivity index (χ4n) is 15.4. The van der Waals surface area contributed by atoms with E-state index in [0.717, 1.165) is 24.0 Å². The van der Waals surface area contributed by atoms with E-state index in [1.54, 1.807) is 45.0 Å². The number of benzene rings is 2. The van der Waals surface area contributed by atoms with Gasteiger partial charge in [-0.05, 0) is 87.8 Å². The van der Waals surface area contributed by atoms with Crippen LogP contribution in [0.25, 0.3) is 0 Å². The molecule has 127 heavy (non-hydrogen) atoms. The smallest absolute Gasteiger partial charge is 0.317 e. The summed E-state index contributed by atoms with van der Waals surface area (Å²) in [6.45, 7) is 7.66. The molecular formula is C87H134N14O24S2. The van der Waals surface area contributed by atoms with Gasteiger partial charge in [-0.25, -0.2) is 0 Å². The predicted molar refractivity (Wildman–Crippen MR) is 471 cm³/mol. The van der Waals surface area contributed by atoms with Gasteiger partial charge in [-0.3, -0.25) is 96.3 Å². The molecule has 14 N–H and O–H groups in total. The van der Waals surface area contributed by atoms with E-state index in [4.69, 9.17) is 19.9 Å². The molecule has 6 rings (SSSR count). The Morgan fingerprint density at radius 1 is 0.528 bits per heavy atom. The fraction of sp³-hybridized carbons (Fsp3) is 0.678. The number of aliphatic hydroxyl groups is 1. The molecule has 0 saturated carbocycles. The van der Waals surface area contributed by atoms with Crippen LogP contribution in [0, 0.1) is 5.92 Å². The number of nitrogens with one attached hydrogen (secondary N) is 7. The Labute approximate surface area is 751 Å². The minimum atomic E-state index is -1.59. The maximum absolute atomic E-state index is 15.0. The van der Waals surface area contributed by atoms with Gasteiger partial charge >= 0.3 is 23.9 Å². The third-order valence-electron chi connectivity index (χ3n) is 22.3. The van der Waals surface area contributed by atoms with Crippen molar-refractivity contribution in [1.29, 1.82) is 0 Å². The highest BCUT2D eigenvalue weighted by Crippen LogP contribution is 2.30. The number of aliphatic hydroxyl groups excluding tert-OH is 1. The lowest BCUT2D eigenvalue weighted by Gasteiger charge is -2.33. The maximum atomic E-state index is 15.0. The Balaban J connectivity index is 0.983. The lowest BCUT2D eigenvalue weighted by molar-refractivity contribution is -0.147. The number of hydrogen-bond donors (Lipinski definition) is 13. The first kappa shape index (κ1) is 107. The Morgan fingerprint density at radius 3 is 1.61 bits per heavy atom. The molecule has 40 heteroatoms. The highest BCUT2D eigenvalue weighted by Gasteiger charge is 2.45. The zero-order valence-corrected chi connectivity index (χ0v) is 75.0. The van der Waals surface area contributed by atoms with Crippen LogP contribution in [0.15, 0.2) is 54.6 Å². The molecule has 0 radical (unpaired) electrons. The van der Waals surface area contributed by atoms with E-state index in [1.165, 1.54) is 40.2 Å². The number of hydrogen-bond acceptors (Lipinski definition) is 26. The number of unbranched alkanes of at least 4 members (excludes halogenated alkanes) is 4. The van der Waals surface area contributed by atoms with Gasteiger partial charge < -0.3 is 92.5 Å². The summed E-state index contributed by atoms with van der Waals surface area (Å²) in [5, 5.41) is 69.3. The summed E-state index contributed by atoms with van der Waals surface area (Å²) in [5.74, 6) is -11.9. The molecule has 4 aliphatic heterocycles. The number of amides is 10. The first-order valence-electron chi connectivity index (χ1n) is 44.4. The topological polar surface area (TPSA) is 532 Å². The number of ketones is 2. The van der Waals surface area contributed by atoms with Crippen molar-refractivity contribution < 1.29 is 116 Å². The third-order valence-corrected chi connectivity index (χ3v) is 24.5. The molecular weight excluding hydrogens is 1690 g/mol. The Bertz CT molecular complexity index is 3840. The van der Waals surface area contributed by atoms with Gasteiger partial charge in [-0.2, -0.15) is 23.5 Å². The van der Waals surface area contributed by atoms with E-state index in [-0.39, 0.29) is 158 Å². The number of carbonyl (C=O) groups excluding carboxylic acids is 12. The van der Waals surface area contributed by atoms with Crippen LogP contribution in [-0.4, -0.2) is 354 Å². The van der Waals surface area contributed by atoms with Crippen LogP contribution in [-0.2, 0) is 109 Å². The summed E-state index contributed by atoms with van der Waals surface area (Å²) in [5.41, 5.74) is 7.83. The fourth-order valence-corrected chi connectivity index (χ4v) is 17.4. The quantitative estimate of drug-likeness (QED) is 0.0410. The van der Waals surface area contributed by atoms with Crippen molar-refractivity contribution in [3.8, 4) is 0 Å². The molecule has 2 aromatic carbocycles. The number of rotatable bonds is 46. The number of carboxylic acid groups (broad SMARTS) is 4. The van der Waals surface area contributed by atoms with Crippen molar-refractivity contribution in [1.82, 2.24) is 66.6 Å². The van der Waals surface area contributed by atoms with E-state index in [9.17, 15) is 102 Å². The number of nitrogens with two attached hydrogens (primary N) is 1. The molecule has 3 saturated heterocycles. The van der Waals surface area contributed by atoms with Gasteiger partial charge in [-0.1, -0.05) is 87.2 Å². The summed E-state index contributed by atoms with van der Waals surface area (Å²) in [7, 11) is 0. The van der Waals surface area contributed by atoms with Crippen LogP contribution in [0.2, 0.25) is 0 Å². The van der Waals surface area contributed by atoms with E-state index in [2.05, 4.69) is 37.2 Å². The molecule has 4 aliphatic rings. The minimum Gasteiger partial charge on any atom is -0.481 e. The van der Waals surface area contributed by atoms with Gasteiger partial charge in [-0.15, -0.1) is 0 Å². The van der Waals surface area contributed by atoms with Crippen molar-refractivity contribution in [3.05, 3.63) is 71.3 Å². The molecule has 708 valence electrons. The number of thioether (sulfide) groups is 2. The lowest BCUT2D eigenvalue weighted by Crippen LogP contribution is -2.59. The summed E-state index contributed by atoms with van der Waals surface area (Å²) < 4.78 is 16.9. The number of carbonyl (C=O) groups is 16. The SMILES string of the molecule is CCCCCC(=O)N[C@H]1CSCc2cccc(c2)CSC[C@@H](C(=O)N[C@@H](CCCCCC(=O)CCC(=O)NCCCOCCOCCOCCCNC(=O)CN2CCN(CC(=O)O)CCN(CC(=O)O)CCN(CC(=O)O)CC2)CC(=O)O)NC(=O)[C@H](Cc2ccccc2)NC(=O)[C@H](CCC(N)=O)NC(=O)[C@H]([C@@H](C)O)CC(=O)[C@@H]2CCCN2C(=O)[C@@H]2CCCN2C1=O. The molecule has 0 aliphatic carbocycles. The normalized spacial score (nSPS) is 21.2. The first-order valence-corrected chi connectivity index (χ1v) is 46.7. The molecule has 3 fully saturated rings. The van der Waals surface area contributed by atoms with Gasteiger partial charge in [0.1, 0.15) is 36.0 Å². The Kier molecular flexibility index (Phi) is 50.1. The van der Waals surface area contributed by atoms with Crippen LogP contribution in [0.3, 0.4) is 0 Å². The number of ether oxygens (including phenoxy) is 3. The predicted octanol–water partition coefficient (Wildman–Crippen LogP) is 0.930. The van der Waals surface area contributed by atoms with E-state index in [0.29, 0.717) is 141 Å². The summed E-state index contributed by atoms with van der Waals surface area (Å²) in [4.78, 5) is 224. The van der Waals surface area contributed by atoms with Crippen molar-refractivity contribution in [2.75, 3.05) is 156 Å². The van der Waals surface area contributed by atoms with Gasteiger partial charge in [0.05, 0.1) is 77.1 Å². The zero-order valence-electron chi connectivity index (χ0n) is 73.4. The van der Waals surface area contributed by atoms with Gasteiger partial charge in [0.2, 0.25) is 59.1 Å². The minimum absolute atomic E-state index is 0.00276. The average Bonchev–Trinajstić information content (AvgIpc) is 1.66. The molecule has 4 heterocycles. The highest BCUT2D eigenvalue weighted by atomic mass is 32.2. The second-order valence-electron chi connectivity index (χ2n) is 32.7. The van der Waals surface area contributed by atoms with Crippen molar-refractivity contribution >= 4 is 118 Å². The van der Waals surface area contributed by atoms with Crippen molar-refractivity contribution in [2.24, 2.45) is 11.7 Å². The highest BCUT2D eigenvalue weighted by molar-refractivity contribution is 7.98. The molecule has 0 unspecified atom stereocenters. The molecule has 38 nitrogen and oxygen atoms in total. The Morgan fingerprint density at radius 2 is 1.06 bits per heavy atom. The van der Waals surface area contributed by atoms with Crippen LogP contribution >= 0.6 is 23.5 Å². The summed E-state index contributed by atoms with van der Waals surface area (Å²) >= 11 is 2.68. The average molecular weight is 1820 g/mol. The molecule has 2 aromatic rings. The van der Waals surface area contributed by atoms with Crippen LogP contribution in [0.5, 0.6) is 0 Å². The van der Waals surface area contributed by atoms with E-state index < -0.39 is 151 Å². The number of Topliss-reactive ketones (excluding diaryl/α,β-unsaturated/α-hetero) is 2.